The van der Waals surface area contributed by atoms with E-state index in [0.29, 0.717) is 13.2 Å². The number of benzene rings is 1. The van der Waals surface area contributed by atoms with Gasteiger partial charge in [-0.2, -0.15) is 0 Å². The van der Waals surface area contributed by atoms with Crippen molar-refractivity contribution in [1.82, 2.24) is 4.90 Å². The number of nitrogens with zero attached hydrogens (tertiary/aromatic N) is 1. The van der Waals surface area contributed by atoms with Crippen LogP contribution in [0.15, 0.2) is 30.3 Å². The molecule has 5 heteroatoms. The highest BCUT2D eigenvalue weighted by atomic mass is 28.4. The van der Waals surface area contributed by atoms with E-state index in [4.69, 9.17) is 9.16 Å². The molecule has 1 aliphatic rings. The van der Waals surface area contributed by atoms with E-state index in [1.165, 1.54) is 5.56 Å². The Labute approximate surface area is 160 Å². The fourth-order valence-electron chi connectivity index (χ4n) is 3.15. The van der Waals surface area contributed by atoms with Gasteiger partial charge in [0.1, 0.15) is 0 Å². The summed E-state index contributed by atoms with van der Waals surface area (Å²) in [7, 11) is -1.82. The smallest absolute Gasteiger partial charge is 0.310 e. The zero-order chi connectivity index (χ0) is 19.4. The summed E-state index contributed by atoms with van der Waals surface area (Å²) >= 11 is 0. The van der Waals surface area contributed by atoms with Crippen LogP contribution in [0.1, 0.15) is 33.3 Å². The predicted octanol–water partition coefficient (Wildman–Crippen LogP) is 4.32. The van der Waals surface area contributed by atoms with Crippen LogP contribution in [-0.4, -0.2) is 45.5 Å². The molecule has 0 radical (unpaired) electrons. The van der Waals surface area contributed by atoms with Crippen molar-refractivity contribution in [3.05, 3.63) is 35.9 Å². The summed E-state index contributed by atoms with van der Waals surface area (Å²) in [6.07, 6.45) is 0. The Morgan fingerprint density at radius 1 is 1.19 bits per heavy atom. The highest BCUT2D eigenvalue weighted by Crippen LogP contribution is 2.38. The zero-order valence-electron chi connectivity index (χ0n) is 17.2. The van der Waals surface area contributed by atoms with E-state index in [9.17, 15) is 4.79 Å². The molecule has 0 amide bonds. The molecule has 4 nitrogen and oxygen atoms in total. The van der Waals surface area contributed by atoms with Gasteiger partial charge in [0, 0.05) is 32.2 Å². The van der Waals surface area contributed by atoms with E-state index in [-0.39, 0.29) is 22.8 Å². The summed E-state index contributed by atoms with van der Waals surface area (Å²) in [6, 6.07) is 10.4. The number of carbonyl (C=O) groups is 1. The van der Waals surface area contributed by atoms with Gasteiger partial charge in [0.2, 0.25) is 0 Å². The maximum Gasteiger partial charge on any atom is 0.310 e. The molecule has 2 rings (SSSR count). The first kappa shape index (κ1) is 21.1. The molecule has 1 aromatic rings. The van der Waals surface area contributed by atoms with Gasteiger partial charge < -0.3 is 9.16 Å². The highest BCUT2D eigenvalue weighted by molar-refractivity contribution is 6.74. The van der Waals surface area contributed by atoms with E-state index in [1.807, 2.05) is 13.0 Å². The van der Waals surface area contributed by atoms with Gasteiger partial charge in [-0.05, 0) is 30.6 Å². The molecule has 0 aromatic heterocycles. The van der Waals surface area contributed by atoms with Crippen molar-refractivity contribution < 1.29 is 14.0 Å². The normalized spacial score (nSPS) is 21.8. The Kier molecular flexibility index (Phi) is 7.05. The van der Waals surface area contributed by atoms with Crippen molar-refractivity contribution in [2.24, 2.45) is 11.8 Å². The predicted molar refractivity (Wildman–Crippen MR) is 108 cm³/mol. The largest absolute Gasteiger partial charge is 0.466 e. The molecule has 2 atom stereocenters. The Hall–Kier alpha value is -1.17. The third kappa shape index (κ3) is 5.41. The van der Waals surface area contributed by atoms with Crippen molar-refractivity contribution in [3.63, 3.8) is 0 Å². The summed E-state index contributed by atoms with van der Waals surface area (Å²) in [4.78, 5) is 14.8. The summed E-state index contributed by atoms with van der Waals surface area (Å²) in [5.74, 6) is 0.0298. The first-order chi connectivity index (χ1) is 12.1. The molecule has 146 valence electrons. The summed E-state index contributed by atoms with van der Waals surface area (Å²) in [5, 5.41) is 0.175. The van der Waals surface area contributed by atoms with Crippen LogP contribution in [-0.2, 0) is 20.5 Å². The van der Waals surface area contributed by atoms with E-state index in [2.05, 4.69) is 63.0 Å². The average Bonchev–Trinajstić information content (AvgIpc) is 2.96. The number of hydrogen-bond acceptors (Lipinski definition) is 4. The Bertz CT molecular complexity index is 583. The summed E-state index contributed by atoms with van der Waals surface area (Å²) < 4.78 is 11.8. The van der Waals surface area contributed by atoms with E-state index < -0.39 is 8.32 Å². The monoisotopic (exact) mass is 377 g/mol. The first-order valence-corrected chi connectivity index (χ1v) is 12.6. The molecular formula is C21H35NO3Si. The zero-order valence-corrected chi connectivity index (χ0v) is 18.2. The van der Waals surface area contributed by atoms with Crippen LogP contribution < -0.4 is 0 Å². The van der Waals surface area contributed by atoms with Crippen molar-refractivity contribution >= 4 is 14.3 Å². The van der Waals surface area contributed by atoms with Crippen LogP contribution in [0.2, 0.25) is 18.1 Å². The van der Waals surface area contributed by atoms with Crippen LogP contribution in [0.4, 0.5) is 0 Å². The van der Waals surface area contributed by atoms with Gasteiger partial charge in [0.15, 0.2) is 8.32 Å². The van der Waals surface area contributed by atoms with Gasteiger partial charge in [0.25, 0.3) is 0 Å². The minimum atomic E-state index is -1.82. The second-order valence-corrected chi connectivity index (χ2v) is 13.7. The first-order valence-electron chi connectivity index (χ1n) is 9.71. The molecule has 1 fully saturated rings. The molecule has 1 heterocycles. The van der Waals surface area contributed by atoms with Crippen molar-refractivity contribution in [2.75, 3.05) is 26.3 Å². The Morgan fingerprint density at radius 2 is 1.85 bits per heavy atom. The average molecular weight is 378 g/mol. The van der Waals surface area contributed by atoms with Gasteiger partial charge in [-0.25, -0.2) is 0 Å². The topological polar surface area (TPSA) is 38.8 Å². The van der Waals surface area contributed by atoms with Crippen LogP contribution in [0.3, 0.4) is 0 Å². The van der Waals surface area contributed by atoms with Crippen LogP contribution >= 0.6 is 0 Å². The number of carbonyl (C=O) groups excluding carboxylic acids is 1. The minimum absolute atomic E-state index is 0.0770. The molecule has 0 unspecified atom stereocenters. The lowest BCUT2D eigenvalue weighted by atomic mass is 9.97. The Balaban J connectivity index is 2.04. The minimum Gasteiger partial charge on any atom is -0.466 e. The summed E-state index contributed by atoms with van der Waals surface area (Å²) in [5.41, 5.74) is 1.28. The lowest BCUT2D eigenvalue weighted by molar-refractivity contribution is -0.149. The number of ether oxygens (including phenoxy) is 1. The van der Waals surface area contributed by atoms with Crippen molar-refractivity contribution in [2.45, 2.75) is 52.4 Å². The molecule has 0 saturated carbocycles. The molecule has 1 saturated heterocycles. The molecule has 1 aromatic carbocycles. The standard InChI is InChI=1S/C21H35NO3Si/c1-7-24-20(23)19-15-22(13-17-11-9-8-10-12-17)14-18(19)16-25-26(5,6)21(2,3)4/h8-12,18-19H,7,13-16H2,1-6H3/t18-,19+/m0/s1. The molecule has 1 aliphatic heterocycles. The van der Waals surface area contributed by atoms with E-state index in [1.54, 1.807) is 0 Å². The second kappa shape index (κ2) is 8.68. The van der Waals surface area contributed by atoms with Gasteiger partial charge in [0.05, 0.1) is 12.5 Å². The number of likely N-dealkylation sites (tertiary alicyclic amines) is 1. The number of rotatable bonds is 7. The lowest BCUT2D eigenvalue weighted by Gasteiger charge is -2.37. The molecular weight excluding hydrogens is 342 g/mol. The molecule has 0 aliphatic carbocycles. The molecule has 0 N–H and O–H groups in total. The SMILES string of the molecule is CCOC(=O)[C@@H]1CN(Cc2ccccc2)C[C@H]1CO[Si](C)(C)C(C)(C)C. The molecule has 0 spiro atoms. The van der Waals surface area contributed by atoms with Crippen LogP contribution in [0.25, 0.3) is 0 Å². The fourth-order valence-corrected chi connectivity index (χ4v) is 4.21. The van der Waals surface area contributed by atoms with Gasteiger partial charge >= 0.3 is 5.97 Å². The quantitative estimate of drug-likeness (QED) is 0.524. The maximum absolute atomic E-state index is 12.5. The number of hydrogen-bond donors (Lipinski definition) is 0. The lowest BCUT2D eigenvalue weighted by Crippen LogP contribution is -2.43. The van der Waals surface area contributed by atoms with E-state index >= 15 is 0 Å². The van der Waals surface area contributed by atoms with Gasteiger partial charge in [-0.15, -0.1) is 0 Å². The second-order valence-electron chi connectivity index (χ2n) is 8.87. The van der Waals surface area contributed by atoms with Crippen LogP contribution in [0.5, 0.6) is 0 Å². The summed E-state index contributed by atoms with van der Waals surface area (Å²) in [6.45, 7) is 16.7. The molecule has 26 heavy (non-hydrogen) atoms. The van der Waals surface area contributed by atoms with Crippen molar-refractivity contribution in [3.8, 4) is 0 Å². The van der Waals surface area contributed by atoms with Crippen molar-refractivity contribution in [1.29, 1.82) is 0 Å². The maximum atomic E-state index is 12.5. The van der Waals surface area contributed by atoms with Crippen LogP contribution in [0, 0.1) is 11.8 Å². The third-order valence-electron chi connectivity index (χ3n) is 5.82. The third-order valence-corrected chi connectivity index (χ3v) is 10.3. The Morgan fingerprint density at radius 3 is 2.42 bits per heavy atom. The molecule has 0 bridgehead atoms. The fraction of sp³-hybridized carbons (Fsp3) is 0.667. The van der Waals surface area contributed by atoms with E-state index in [0.717, 1.165) is 19.6 Å². The van der Waals surface area contributed by atoms with Gasteiger partial charge in [-0.3, -0.25) is 9.69 Å². The van der Waals surface area contributed by atoms with Gasteiger partial charge in [-0.1, -0.05) is 51.1 Å². The number of esters is 1. The highest BCUT2D eigenvalue weighted by Gasteiger charge is 2.42.